The second-order valence-corrected chi connectivity index (χ2v) is 4.74. The van der Waals surface area contributed by atoms with Gasteiger partial charge in [-0.1, -0.05) is 0 Å². The lowest BCUT2D eigenvalue weighted by Gasteiger charge is -2.25. The van der Waals surface area contributed by atoms with Crippen molar-refractivity contribution < 1.29 is 9.53 Å². The summed E-state index contributed by atoms with van der Waals surface area (Å²) in [5.41, 5.74) is 0. The highest BCUT2D eigenvalue weighted by Crippen LogP contribution is 2.15. The Bertz CT molecular complexity index is 410. The van der Waals surface area contributed by atoms with Crippen molar-refractivity contribution in [2.24, 2.45) is 0 Å². The lowest BCUT2D eigenvalue weighted by Crippen LogP contribution is -2.45. The number of amides is 1. The summed E-state index contributed by atoms with van der Waals surface area (Å²) in [6.07, 6.45) is 7.32. The topological polar surface area (TPSA) is 56.2 Å². The van der Waals surface area contributed by atoms with Crippen molar-refractivity contribution in [3.05, 3.63) is 18.2 Å². The number of carbonyl (C=O) groups excluding carboxylic acids is 1. The molecule has 0 radical (unpaired) electrons. The van der Waals surface area contributed by atoms with Crippen LogP contribution in [0.15, 0.2) is 12.4 Å². The standard InChI is InChI=1S/C12H17N3O2/c16-12(10-2-1-7-17-10)14-9-3-4-11-13-5-6-15(11)8-9/h5-6,9-10H,1-4,7-8H2,(H,14,16)/t9-,10-/m1/s1. The number of imidazole rings is 1. The summed E-state index contributed by atoms with van der Waals surface area (Å²) >= 11 is 0. The van der Waals surface area contributed by atoms with Crippen LogP contribution >= 0.6 is 0 Å². The number of aryl methyl sites for hydroxylation is 1. The minimum atomic E-state index is -0.223. The molecule has 1 saturated heterocycles. The van der Waals surface area contributed by atoms with E-state index in [4.69, 9.17) is 4.74 Å². The van der Waals surface area contributed by atoms with Crippen LogP contribution in [0.25, 0.3) is 0 Å². The Balaban J connectivity index is 1.58. The van der Waals surface area contributed by atoms with Crippen molar-refractivity contribution in [2.75, 3.05) is 6.61 Å². The van der Waals surface area contributed by atoms with Crippen LogP contribution in [0.3, 0.4) is 0 Å². The van der Waals surface area contributed by atoms with Crippen LogP contribution in [0.5, 0.6) is 0 Å². The number of nitrogens with one attached hydrogen (secondary N) is 1. The predicted molar refractivity (Wildman–Crippen MR) is 61.5 cm³/mol. The van der Waals surface area contributed by atoms with Gasteiger partial charge in [-0.25, -0.2) is 4.98 Å². The fourth-order valence-electron chi connectivity index (χ4n) is 2.56. The van der Waals surface area contributed by atoms with Crippen LogP contribution in [0, 0.1) is 0 Å². The highest BCUT2D eigenvalue weighted by atomic mass is 16.5. The van der Waals surface area contributed by atoms with Gasteiger partial charge in [0.2, 0.25) is 5.91 Å². The van der Waals surface area contributed by atoms with Gasteiger partial charge in [0.15, 0.2) is 0 Å². The second kappa shape index (κ2) is 4.49. The maximum Gasteiger partial charge on any atom is 0.249 e. The lowest BCUT2D eigenvalue weighted by atomic mass is 10.1. The third-order valence-electron chi connectivity index (χ3n) is 3.50. The van der Waals surface area contributed by atoms with Crippen molar-refractivity contribution in [3.8, 4) is 0 Å². The molecule has 1 amide bonds. The van der Waals surface area contributed by atoms with Crippen LogP contribution in [0.1, 0.15) is 25.1 Å². The van der Waals surface area contributed by atoms with E-state index in [1.54, 1.807) is 0 Å². The van der Waals surface area contributed by atoms with Gasteiger partial charge in [0.25, 0.3) is 0 Å². The van der Waals surface area contributed by atoms with Crippen LogP contribution in [0.4, 0.5) is 0 Å². The van der Waals surface area contributed by atoms with Gasteiger partial charge in [-0.15, -0.1) is 0 Å². The zero-order valence-electron chi connectivity index (χ0n) is 9.76. The summed E-state index contributed by atoms with van der Waals surface area (Å²) in [4.78, 5) is 16.2. The maximum atomic E-state index is 11.9. The maximum absolute atomic E-state index is 11.9. The Hall–Kier alpha value is -1.36. The summed E-state index contributed by atoms with van der Waals surface area (Å²) in [7, 11) is 0. The molecule has 5 nitrogen and oxygen atoms in total. The average molecular weight is 235 g/mol. The Morgan fingerprint density at radius 1 is 1.53 bits per heavy atom. The molecule has 17 heavy (non-hydrogen) atoms. The number of nitrogens with zero attached hydrogens (tertiary/aromatic N) is 2. The van der Waals surface area contributed by atoms with Crippen molar-refractivity contribution >= 4 is 5.91 Å². The first-order valence-corrected chi connectivity index (χ1v) is 6.25. The van der Waals surface area contributed by atoms with Crippen molar-refractivity contribution in [3.63, 3.8) is 0 Å². The molecule has 0 unspecified atom stereocenters. The van der Waals surface area contributed by atoms with E-state index < -0.39 is 0 Å². The zero-order chi connectivity index (χ0) is 11.7. The van der Waals surface area contributed by atoms with Crippen LogP contribution in [-0.2, 0) is 22.5 Å². The van der Waals surface area contributed by atoms with Crippen molar-refractivity contribution in [1.29, 1.82) is 0 Å². The van der Waals surface area contributed by atoms with Crippen LogP contribution < -0.4 is 5.32 Å². The van der Waals surface area contributed by atoms with Crippen LogP contribution in [0.2, 0.25) is 0 Å². The van der Waals surface area contributed by atoms with E-state index in [2.05, 4.69) is 14.9 Å². The molecule has 0 saturated carbocycles. The van der Waals surface area contributed by atoms with Crippen molar-refractivity contribution in [2.45, 2.75) is 44.4 Å². The van der Waals surface area contributed by atoms with Gasteiger partial charge >= 0.3 is 0 Å². The molecule has 0 bridgehead atoms. The number of carbonyl (C=O) groups is 1. The zero-order valence-corrected chi connectivity index (χ0v) is 9.76. The molecular formula is C12H17N3O2. The van der Waals surface area contributed by atoms with Gasteiger partial charge in [0.05, 0.1) is 0 Å². The fourth-order valence-corrected chi connectivity index (χ4v) is 2.56. The molecule has 2 aliphatic heterocycles. The first-order chi connectivity index (χ1) is 8.33. The molecule has 2 aliphatic rings. The molecule has 0 spiro atoms. The molecule has 1 aromatic heterocycles. The van der Waals surface area contributed by atoms with Gasteiger partial charge in [0, 0.05) is 38.0 Å². The molecule has 0 aromatic carbocycles. The van der Waals surface area contributed by atoms with Gasteiger partial charge in [-0.2, -0.15) is 0 Å². The molecule has 5 heteroatoms. The summed E-state index contributed by atoms with van der Waals surface area (Å²) in [5.74, 6) is 1.17. The monoisotopic (exact) mass is 235 g/mol. The number of fused-ring (bicyclic) bond motifs is 1. The third-order valence-corrected chi connectivity index (χ3v) is 3.50. The van der Waals surface area contributed by atoms with E-state index in [0.29, 0.717) is 6.61 Å². The highest BCUT2D eigenvalue weighted by Gasteiger charge is 2.27. The largest absolute Gasteiger partial charge is 0.368 e. The predicted octanol–water partition coefficient (Wildman–Crippen LogP) is 0.493. The Morgan fingerprint density at radius 3 is 3.29 bits per heavy atom. The lowest BCUT2D eigenvalue weighted by molar-refractivity contribution is -0.131. The highest BCUT2D eigenvalue weighted by molar-refractivity contribution is 5.81. The van der Waals surface area contributed by atoms with E-state index in [1.807, 2.05) is 12.4 Å². The molecule has 0 aliphatic carbocycles. The van der Waals surface area contributed by atoms with Gasteiger partial charge in [-0.05, 0) is 19.3 Å². The first-order valence-electron chi connectivity index (χ1n) is 6.25. The molecule has 1 N–H and O–H groups in total. The molecule has 1 aromatic rings. The normalized spacial score (nSPS) is 27.8. The Labute approximate surface area is 100 Å². The van der Waals surface area contributed by atoms with Gasteiger partial charge in [-0.3, -0.25) is 4.79 Å². The van der Waals surface area contributed by atoms with E-state index in [1.165, 1.54) is 0 Å². The Morgan fingerprint density at radius 2 is 2.47 bits per heavy atom. The van der Waals surface area contributed by atoms with Gasteiger partial charge in [0.1, 0.15) is 11.9 Å². The average Bonchev–Trinajstić information content (AvgIpc) is 2.99. The molecule has 2 atom stereocenters. The van der Waals surface area contributed by atoms with E-state index in [0.717, 1.165) is 38.1 Å². The second-order valence-electron chi connectivity index (χ2n) is 4.74. The summed E-state index contributed by atoms with van der Waals surface area (Å²) in [5, 5.41) is 3.08. The third kappa shape index (κ3) is 2.20. The SMILES string of the molecule is O=C(N[C@@H]1CCc2nccn2C1)[C@H]1CCCO1. The van der Waals surface area contributed by atoms with E-state index in [-0.39, 0.29) is 18.1 Å². The fraction of sp³-hybridized carbons (Fsp3) is 0.667. The smallest absolute Gasteiger partial charge is 0.249 e. The molecule has 3 rings (SSSR count). The summed E-state index contributed by atoms with van der Waals surface area (Å²) < 4.78 is 7.49. The summed E-state index contributed by atoms with van der Waals surface area (Å²) in [6, 6.07) is 0.216. The minimum absolute atomic E-state index is 0.0519. The molecule has 3 heterocycles. The minimum Gasteiger partial charge on any atom is -0.368 e. The van der Waals surface area contributed by atoms with E-state index >= 15 is 0 Å². The van der Waals surface area contributed by atoms with Crippen molar-refractivity contribution in [1.82, 2.24) is 14.9 Å². The quantitative estimate of drug-likeness (QED) is 0.811. The van der Waals surface area contributed by atoms with E-state index in [9.17, 15) is 4.79 Å². The Kier molecular flexibility index (Phi) is 2.84. The molecular weight excluding hydrogens is 218 g/mol. The van der Waals surface area contributed by atoms with Gasteiger partial charge < -0.3 is 14.6 Å². The number of aromatic nitrogens is 2. The van der Waals surface area contributed by atoms with Crippen LogP contribution in [-0.4, -0.2) is 34.2 Å². The summed E-state index contributed by atoms with van der Waals surface area (Å²) in [6.45, 7) is 1.54. The molecule has 92 valence electrons. The molecule has 1 fully saturated rings. The number of rotatable bonds is 2. The first kappa shape index (κ1) is 10.8. The number of hydrogen-bond acceptors (Lipinski definition) is 3. The number of ether oxygens (including phenoxy) is 1. The number of hydrogen-bond donors (Lipinski definition) is 1.